The van der Waals surface area contributed by atoms with E-state index in [1.165, 1.54) is 6.92 Å². The fraction of sp³-hybridized carbons (Fsp3) is 0.267. The summed E-state index contributed by atoms with van der Waals surface area (Å²) in [5, 5.41) is -0.456. The number of amides is 2. The second-order valence-electron chi connectivity index (χ2n) is 4.50. The Labute approximate surface area is 146 Å². The van der Waals surface area contributed by atoms with Gasteiger partial charge in [-0.15, -0.1) is 0 Å². The van der Waals surface area contributed by atoms with Crippen LogP contribution in [0.25, 0.3) is 6.08 Å². The van der Waals surface area contributed by atoms with Crippen molar-refractivity contribution in [3.8, 4) is 0 Å². The molecule has 0 radical (unpaired) electrons. The van der Waals surface area contributed by atoms with Gasteiger partial charge in [0.25, 0.3) is 11.1 Å². The van der Waals surface area contributed by atoms with Crippen molar-refractivity contribution >= 4 is 57.5 Å². The number of benzene rings is 1. The quantitative estimate of drug-likeness (QED) is 0.416. The monoisotopic (exact) mass is 431 g/mol. The third-order valence-electron chi connectivity index (χ3n) is 3.03. The highest BCUT2D eigenvalue weighted by molar-refractivity contribution is 14.1. The van der Waals surface area contributed by atoms with Crippen LogP contribution in [-0.2, 0) is 14.3 Å². The Bertz CT molecular complexity index is 659. The summed E-state index contributed by atoms with van der Waals surface area (Å²) in [7, 11) is 0. The first-order valence-electron chi connectivity index (χ1n) is 6.64. The molecule has 0 spiro atoms. The van der Waals surface area contributed by atoms with E-state index in [0.717, 1.165) is 25.8 Å². The molecule has 1 saturated heterocycles. The molecule has 116 valence electrons. The van der Waals surface area contributed by atoms with Gasteiger partial charge in [0.15, 0.2) is 0 Å². The van der Waals surface area contributed by atoms with Gasteiger partial charge in [0.2, 0.25) is 0 Å². The van der Waals surface area contributed by atoms with Crippen molar-refractivity contribution in [2.75, 3.05) is 6.61 Å². The number of imide groups is 1. The molecular formula is C15H14INO4S. The molecule has 0 N–H and O–H groups in total. The summed E-state index contributed by atoms with van der Waals surface area (Å²) in [6.45, 7) is 3.37. The number of halogens is 1. The lowest BCUT2D eigenvalue weighted by Gasteiger charge is -2.19. The van der Waals surface area contributed by atoms with Crippen LogP contribution in [-0.4, -0.2) is 34.7 Å². The number of hydrogen-bond donors (Lipinski definition) is 0. The minimum absolute atomic E-state index is 0.206. The van der Waals surface area contributed by atoms with E-state index in [1.807, 2.05) is 24.3 Å². The van der Waals surface area contributed by atoms with E-state index < -0.39 is 23.2 Å². The van der Waals surface area contributed by atoms with Crippen molar-refractivity contribution in [3.05, 3.63) is 38.3 Å². The fourth-order valence-corrected chi connectivity index (χ4v) is 3.36. The van der Waals surface area contributed by atoms with Gasteiger partial charge in [-0.1, -0.05) is 18.2 Å². The summed E-state index contributed by atoms with van der Waals surface area (Å²) >= 11 is 3.00. The molecule has 0 aromatic heterocycles. The molecule has 1 aromatic carbocycles. The van der Waals surface area contributed by atoms with Gasteiger partial charge in [0, 0.05) is 3.57 Å². The van der Waals surface area contributed by atoms with E-state index in [9.17, 15) is 14.4 Å². The Balaban J connectivity index is 2.26. The summed E-state index contributed by atoms with van der Waals surface area (Å²) in [5.74, 6) is -1.05. The first-order chi connectivity index (χ1) is 10.5. The number of ether oxygens (including phenoxy) is 1. The molecule has 1 atom stereocenters. The number of carbonyl (C=O) groups excluding carboxylic acids is 3. The lowest BCUT2D eigenvalue weighted by molar-refractivity contribution is -0.150. The van der Waals surface area contributed by atoms with E-state index in [4.69, 9.17) is 4.74 Å². The summed E-state index contributed by atoms with van der Waals surface area (Å²) in [6, 6.07) is 6.61. The van der Waals surface area contributed by atoms with Crippen LogP contribution >= 0.6 is 34.4 Å². The number of nitrogens with zero attached hydrogens (tertiary/aromatic N) is 1. The SMILES string of the molecule is CCOC(=O)[C@@H](C)N1C(=O)S/C(=C/c2ccccc2I)C1=O. The third kappa shape index (κ3) is 3.52. The van der Waals surface area contributed by atoms with Gasteiger partial charge in [0.05, 0.1) is 11.5 Å². The van der Waals surface area contributed by atoms with Crippen LogP contribution in [0.15, 0.2) is 29.2 Å². The molecular weight excluding hydrogens is 417 g/mol. The zero-order chi connectivity index (χ0) is 16.3. The van der Waals surface area contributed by atoms with E-state index >= 15 is 0 Å². The number of thioether (sulfide) groups is 1. The van der Waals surface area contributed by atoms with Gasteiger partial charge < -0.3 is 4.74 Å². The second kappa shape index (κ2) is 7.28. The fourth-order valence-electron chi connectivity index (χ4n) is 1.92. The Morgan fingerprint density at radius 2 is 2.09 bits per heavy atom. The normalized spacial score (nSPS) is 18.0. The molecule has 1 aromatic rings. The highest BCUT2D eigenvalue weighted by Gasteiger charge is 2.41. The minimum atomic E-state index is -0.923. The Morgan fingerprint density at radius 3 is 2.73 bits per heavy atom. The first-order valence-corrected chi connectivity index (χ1v) is 8.53. The number of hydrogen-bond acceptors (Lipinski definition) is 5. The molecule has 2 rings (SSSR count). The molecule has 1 fully saturated rings. The highest BCUT2D eigenvalue weighted by atomic mass is 127. The average molecular weight is 431 g/mol. The van der Waals surface area contributed by atoms with Crippen LogP contribution in [0.5, 0.6) is 0 Å². The van der Waals surface area contributed by atoms with Crippen LogP contribution in [0.4, 0.5) is 4.79 Å². The summed E-state index contributed by atoms with van der Waals surface area (Å²) in [6.07, 6.45) is 1.67. The zero-order valence-corrected chi connectivity index (χ0v) is 15.0. The van der Waals surface area contributed by atoms with Crippen LogP contribution in [0.2, 0.25) is 0 Å². The highest BCUT2D eigenvalue weighted by Crippen LogP contribution is 2.34. The topological polar surface area (TPSA) is 63.7 Å². The number of esters is 1. The standard InChI is InChI=1S/C15H14INO4S/c1-3-21-14(19)9(2)17-13(18)12(22-15(17)20)8-10-6-4-5-7-11(10)16/h4-9H,3H2,1-2H3/b12-8+/t9-/m1/s1. The van der Waals surface area contributed by atoms with Gasteiger partial charge in [-0.05, 0) is 65.9 Å². The second-order valence-corrected chi connectivity index (χ2v) is 6.66. The molecule has 1 heterocycles. The van der Waals surface area contributed by atoms with Crippen molar-refractivity contribution < 1.29 is 19.1 Å². The number of carbonyl (C=O) groups is 3. The molecule has 2 amide bonds. The van der Waals surface area contributed by atoms with Crippen molar-refractivity contribution in [1.82, 2.24) is 4.90 Å². The van der Waals surface area contributed by atoms with Gasteiger partial charge in [0.1, 0.15) is 6.04 Å². The zero-order valence-electron chi connectivity index (χ0n) is 12.0. The maximum Gasteiger partial charge on any atom is 0.329 e. The third-order valence-corrected chi connectivity index (χ3v) is 4.90. The van der Waals surface area contributed by atoms with E-state index in [-0.39, 0.29) is 6.61 Å². The largest absolute Gasteiger partial charge is 0.464 e. The first kappa shape index (κ1) is 17.0. The number of rotatable bonds is 4. The average Bonchev–Trinajstić information content (AvgIpc) is 2.75. The minimum Gasteiger partial charge on any atom is -0.464 e. The maximum absolute atomic E-state index is 12.4. The molecule has 22 heavy (non-hydrogen) atoms. The molecule has 0 unspecified atom stereocenters. The summed E-state index contributed by atoms with van der Waals surface area (Å²) < 4.78 is 5.85. The van der Waals surface area contributed by atoms with Crippen LogP contribution in [0.1, 0.15) is 19.4 Å². The van der Waals surface area contributed by atoms with Gasteiger partial charge in [-0.3, -0.25) is 14.5 Å². The summed E-state index contributed by atoms with van der Waals surface area (Å²) in [4.78, 5) is 37.4. The predicted octanol–water partition coefficient (Wildman–Crippen LogP) is 3.28. The van der Waals surface area contributed by atoms with Crippen molar-refractivity contribution in [2.45, 2.75) is 19.9 Å². The lowest BCUT2D eigenvalue weighted by Crippen LogP contribution is -2.42. The lowest BCUT2D eigenvalue weighted by atomic mass is 10.2. The van der Waals surface area contributed by atoms with Crippen molar-refractivity contribution in [2.24, 2.45) is 0 Å². The van der Waals surface area contributed by atoms with Crippen LogP contribution < -0.4 is 0 Å². The Kier molecular flexibility index (Phi) is 5.63. The predicted molar refractivity (Wildman–Crippen MR) is 93.1 cm³/mol. The van der Waals surface area contributed by atoms with Crippen molar-refractivity contribution in [3.63, 3.8) is 0 Å². The van der Waals surface area contributed by atoms with Gasteiger partial charge >= 0.3 is 5.97 Å². The van der Waals surface area contributed by atoms with Crippen molar-refractivity contribution in [1.29, 1.82) is 0 Å². The van der Waals surface area contributed by atoms with Crippen LogP contribution in [0, 0.1) is 3.57 Å². The molecule has 0 aliphatic carbocycles. The molecule has 1 aliphatic rings. The molecule has 0 bridgehead atoms. The maximum atomic E-state index is 12.4. The Hall–Kier alpha value is -1.35. The van der Waals surface area contributed by atoms with Gasteiger partial charge in [-0.2, -0.15) is 0 Å². The summed E-state index contributed by atoms with van der Waals surface area (Å²) in [5.41, 5.74) is 0.859. The molecule has 7 heteroatoms. The van der Waals surface area contributed by atoms with E-state index in [2.05, 4.69) is 22.6 Å². The van der Waals surface area contributed by atoms with E-state index in [1.54, 1.807) is 13.0 Å². The van der Waals surface area contributed by atoms with Gasteiger partial charge in [-0.25, -0.2) is 4.79 Å². The van der Waals surface area contributed by atoms with Crippen LogP contribution in [0.3, 0.4) is 0 Å². The Morgan fingerprint density at radius 1 is 1.41 bits per heavy atom. The smallest absolute Gasteiger partial charge is 0.329 e. The molecule has 5 nitrogen and oxygen atoms in total. The molecule has 0 saturated carbocycles. The molecule has 1 aliphatic heterocycles. The van der Waals surface area contributed by atoms with E-state index in [0.29, 0.717) is 4.91 Å².